The highest BCUT2D eigenvalue weighted by atomic mass is 32.1. The highest BCUT2D eigenvalue weighted by Crippen LogP contribution is 2.36. The lowest BCUT2D eigenvalue weighted by atomic mass is 10.1. The number of likely N-dealkylation sites (tertiary alicyclic amines) is 1. The van der Waals surface area contributed by atoms with Crippen LogP contribution in [0.15, 0.2) is 33.6 Å². The topological polar surface area (TPSA) is 107 Å². The Hall–Kier alpha value is -3.40. The Morgan fingerprint density at radius 3 is 2.84 bits per heavy atom. The summed E-state index contributed by atoms with van der Waals surface area (Å²) in [7, 11) is 1.61. The van der Waals surface area contributed by atoms with Gasteiger partial charge in [-0.15, -0.1) is 0 Å². The summed E-state index contributed by atoms with van der Waals surface area (Å²) in [6, 6.07) is 7.85. The highest BCUT2D eigenvalue weighted by molar-refractivity contribution is 7.18. The minimum Gasteiger partial charge on any atom is -0.333 e. The zero-order chi connectivity index (χ0) is 22.4. The third-order valence-corrected chi connectivity index (χ3v) is 6.72. The normalized spacial score (nSPS) is 16.2. The van der Waals surface area contributed by atoms with Gasteiger partial charge in [-0.25, -0.2) is 9.97 Å². The average molecular weight is 451 g/mol. The van der Waals surface area contributed by atoms with Crippen molar-refractivity contribution < 1.29 is 9.32 Å². The summed E-state index contributed by atoms with van der Waals surface area (Å²) < 4.78 is 6.57. The molecule has 4 aromatic rings. The number of aryl methyl sites for hydroxylation is 2. The molecule has 0 radical (unpaired) electrons. The van der Waals surface area contributed by atoms with Gasteiger partial charge in [0.2, 0.25) is 11.7 Å². The smallest absolute Gasteiger partial charge is 0.294 e. The van der Waals surface area contributed by atoms with Crippen LogP contribution in [-0.4, -0.2) is 42.0 Å². The Balaban J connectivity index is 1.47. The molecule has 0 bridgehead atoms. The monoisotopic (exact) mass is 450 g/mol. The van der Waals surface area contributed by atoms with E-state index in [1.54, 1.807) is 14.0 Å². The van der Waals surface area contributed by atoms with Gasteiger partial charge in [0.15, 0.2) is 16.2 Å². The molecular formula is C22H22N6O3S. The Morgan fingerprint density at radius 1 is 1.25 bits per heavy atom. The summed E-state index contributed by atoms with van der Waals surface area (Å²) in [5.74, 6) is 1.03. The molecule has 5 rings (SSSR count). The summed E-state index contributed by atoms with van der Waals surface area (Å²) in [4.78, 5) is 41.8. The molecule has 0 N–H and O–H groups in total. The van der Waals surface area contributed by atoms with Gasteiger partial charge in [0.1, 0.15) is 5.01 Å². The predicted molar refractivity (Wildman–Crippen MR) is 119 cm³/mol. The number of hydrogen-bond acceptors (Lipinski definition) is 8. The van der Waals surface area contributed by atoms with Crippen LogP contribution < -0.4 is 5.56 Å². The molecule has 32 heavy (non-hydrogen) atoms. The van der Waals surface area contributed by atoms with Crippen LogP contribution in [0, 0.1) is 13.8 Å². The van der Waals surface area contributed by atoms with Crippen molar-refractivity contribution in [1.82, 2.24) is 29.6 Å². The number of thiazole rings is 1. The maximum Gasteiger partial charge on any atom is 0.294 e. The first kappa shape index (κ1) is 20.5. The fourth-order valence-electron chi connectivity index (χ4n) is 4.11. The van der Waals surface area contributed by atoms with E-state index < -0.39 is 0 Å². The van der Waals surface area contributed by atoms with Crippen LogP contribution in [-0.2, 0) is 18.3 Å². The second kappa shape index (κ2) is 7.94. The van der Waals surface area contributed by atoms with Crippen molar-refractivity contribution in [2.75, 3.05) is 6.54 Å². The molecule has 3 aromatic heterocycles. The minimum absolute atomic E-state index is 0.0697. The molecule has 1 amide bonds. The van der Waals surface area contributed by atoms with Crippen LogP contribution in [0.3, 0.4) is 0 Å². The van der Waals surface area contributed by atoms with E-state index in [0.29, 0.717) is 35.0 Å². The van der Waals surface area contributed by atoms with Crippen molar-refractivity contribution >= 4 is 27.6 Å². The van der Waals surface area contributed by atoms with Gasteiger partial charge in [0, 0.05) is 13.6 Å². The Morgan fingerprint density at radius 2 is 2.09 bits per heavy atom. The lowest BCUT2D eigenvalue weighted by Gasteiger charge is -2.23. The molecule has 1 unspecified atom stereocenters. The molecule has 0 saturated carbocycles. The van der Waals surface area contributed by atoms with Crippen molar-refractivity contribution in [3.63, 3.8) is 0 Å². The van der Waals surface area contributed by atoms with Gasteiger partial charge in [-0.05, 0) is 32.3 Å². The SMILES string of the molecule is Cc1cccc(CC(=O)N2CCCC2c2nc3c(=O)n(C)c(-c4nc(C)no4)nc3s2)c1. The molecule has 1 aliphatic heterocycles. The molecule has 9 nitrogen and oxygen atoms in total. The maximum atomic E-state index is 13.1. The quantitative estimate of drug-likeness (QED) is 0.470. The van der Waals surface area contributed by atoms with Crippen LogP contribution in [0.5, 0.6) is 0 Å². The molecule has 1 fully saturated rings. The number of carbonyl (C=O) groups is 1. The lowest BCUT2D eigenvalue weighted by molar-refractivity contribution is -0.131. The molecule has 1 aromatic carbocycles. The minimum atomic E-state index is -0.279. The average Bonchev–Trinajstić information content (AvgIpc) is 3.49. The van der Waals surface area contributed by atoms with E-state index >= 15 is 0 Å². The molecule has 164 valence electrons. The van der Waals surface area contributed by atoms with Crippen LogP contribution in [0.1, 0.15) is 40.8 Å². The summed E-state index contributed by atoms with van der Waals surface area (Å²) in [5, 5.41) is 4.52. The van der Waals surface area contributed by atoms with E-state index in [4.69, 9.17) is 4.52 Å². The second-order valence-corrected chi connectivity index (χ2v) is 9.07. The summed E-state index contributed by atoms with van der Waals surface area (Å²) >= 11 is 1.34. The van der Waals surface area contributed by atoms with Crippen LogP contribution in [0.25, 0.3) is 22.1 Å². The van der Waals surface area contributed by atoms with Crippen molar-refractivity contribution in [2.45, 2.75) is 39.2 Å². The first-order chi connectivity index (χ1) is 15.4. The van der Waals surface area contributed by atoms with Gasteiger partial charge in [0.25, 0.3) is 11.4 Å². The van der Waals surface area contributed by atoms with Gasteiger partial charge < -0.3 is 9.42 Å². The number of rotatable bonds is 4. The second-order valence-electron chi connectivity index (χ2n) is 8.06. The Labute approximate surface area is 187 Å². The van der Waals surface area contributed by atoms with Gasteiger partial charge in [0.05, 0.1) is 12.5 Å². The Kier molecular flexibility index (Phi) is 5.09. The van der Waals surface area contributed by atoms with Crippen molar-refractivity contribution in [3.05, 3.63) is 56.6 Å². The van der Waals surface area contributed by atoms with E-state index in [9.17, 15) is 9.59 Å². The zero-order valence-corrected chi connectivity index (χ0v) is 18.8. The molecular weight excluding hydrogens is 428 g/mol. The molecule has 1 saturated heterocycles. The van der Waals surface area contributed by atoms with E-state index in [1.165, 1.54) is 15.9 Å². The standard InChI is InChI=1S/C22H22N6O3S/c1-12-6-4-7-14(10-12)11-16(29)28-9-5-8-15(28)20-24-17-21(32-20)25-18(27(3)22(17)30)19-23-13(2)26-31-19/h4,6-7,10,15H,5,8-9,11H2,1-3H3. The van der Waals surface area contributed by atoms with Gasteiger partial charge >= 0.3 is 0 Å². The number of amides is 1. The molecule has 10 heteroatoms. The van der Waals surface area contributed by atoms with Crippen molar-refractivity contribution in [3.8, 4) is 11.7 Å². The van der Waals surface area contributed by atoms with Gasteiger partial charge in [-0.2, -0.15) is 4.98 Å². The zero-order valence-electron chi connectivity index (χ0n) is 18.0. The fraction of sp³-hybridized carbons (Fsp3) is 0.364. The number of fused-ring (bicyclic) bond motifs is 1. The van der Waals surface area contributed by atoms with Crippen LogP contribution in [0.2, 0.25) is 0 Å². The highest BCUT2D eigenvalue weighted by Gasteiger charge is 2.33. The molecule has 4 heterocycles. The van der Waals surface area contributed by atoms with E-state index in [2.05, 4.69) is 20.1 Å². The first-order valence-electron chi connectivity index (χ1n) is 10.4. The largest absolute Gasteiger partial charge is 0.333 e. The molecule has 1 aliphatic rings. The van der Waals surface area contributed by atoms with Gasteiger partial charge in [-0.3, -0.25) is 14.2 Å². The number of nitrogens with zero attached hydrogens (tertiary/aromatic N) is 6. The number of benzene rings is 1. The van der Waals surface area contributed by atoms with Crippen LogP contribution >= 0.6 is 11.3 Å². The molecule has 1 atom stereocenters. The number of carbonyl (C=O) groups excluding carboxylic acids is 1. The molecule has 0 spiro atoms. The van der Waals surface area contributed by atoms with Crippen molar-refractivity contribution in [1.29, 1.82) is 0 Å². The third-order valence-electron chi connectivity index (χ3n) is 5.67. The predicted octanol–water partition coefficient (Wildman–Crippen LogP) is 2.96. The van der Waals surface area contributed by atoms with Crippen molar-refractivity contribution in [2.24, 2.45) is 7.05 Å². The summed E-state index contributed by atoms with van der Waals surface area (Å²) in [6.45, 7) is 4.41. The van der Waals surface area contributed by atoms with Crippen LogP contribution in [0.4, 0.5) is 0 Å². The number of aromatic nitrogens is 5. The fourth-order valence-corrected chi connectivity index (χ4v) is 5.19. The van der Waals surface area contributed by atoms with E-state index in [1.807, 2.05) is 36.1 Å². The third kappa shape index (κ3) is 3.60. The van der Waals surface area contributed by atoms with E-state index in [-0.39, 0.29) is 23.4 Å². The lowest BCUT2D eigenvalue weighted by Crippen LogP contribution is -2.31. The first-order valence-corrected chi connectivity index (χ1v) is 11.3. The number of hydrogen-bond donors (Lipinski definition) is 0. The van der Waals surface area contributed by atoms with E-state index in [0.717, 1.165) is 29.0 Å². The summed E-state index contributed by atoms with van der Waals surface area (Å²) in [5.41, 5.74) is 2.15. The maximum absolute atomic E-state index is 13.1. The summed E-state index contributed by atoms with van der Waals surface area (Å²) in [6.07, 6.45) is 2.07. The van der Waals surface area contributed by atoms with Gasteiger partial charge in [-0.1, -0.05) is 46.3 Å². The Bertz CT molecular complexity index is 1390. The molecule has 0 aliphatic carbocycles.